The van der Waals surface area contributed by atoms with Crippen molar-refractivity contribution >= 4 is 28.5 Å². The van der Waals surface area contributed by atoms with Crippen LogP contribution in [0.5, 0.6) is 0 Å². The molecule has 0 aliphatic carbocycles. The minimum atomic E-state index is 0.00219. The molecular formula is C15H18IN3O. The van der Waals surface area contributed by atoms with Crippen LogP contribution in [0.4, 0.5) is 0 Å². The van der Waals surface area contributed by atoms with Crippen LogP contribution in [0, 0.1) is 3.57 Å². The Balaban J connectivity index is 2.32. The van der Waals surface area contributed by atoms with E-state index in [1.807, 2.05) is 11.5 Å². The van der Waals surface area contributed by atoms with Gasteiger partial charge in [0.05, 0.1) is 18.6 Å². The van der Waals surface area contributed by atoms with Crippen molar-refractivity contribution in [2.75, 3.05) is 13.6 Å². The van der Waals surface area contributed by atoms with E-state index in [4.69, 9.17) is 0 Å². The molecule has 0 bridgehead atoms. The van der Waals surface area contributed by atoms with E-state index in [2.05, 4.69) is 58.8 Å². The number of hydrogen-bond donors (Lipinski definition) is 0. The Morgan fingerprint density at radius 1 is 1.40 bits per heavy atom. The SMILES string of the molecule is CCN(C)C(=O)c1cncn1[C@H](C)c1ccc(I)cc1. The lowest BCUT2D eigenvalue weighted by Gasteiger charge is -2.20. The number of benzene rings is 1. The number of amides is 1. The molecule has 20 heavy (non-hydrogen) atoms. The summed E-state index contributed by atoms with van der Waals surface area (Å²) in [5, 5.41) is 0. The fourth-order valence-corrected chi connectivity index (χ4v) is 2.38. The molecule has 1 aromatic carbocycles. The molecule has 2 rings (SSSR count). The molecule has 1 heterocycles. The smallest absolute Gasteiger partial charge is 0.271 e. The molecule has 106 valence electrons. The summed E-state index contributed by atoms with van der Waals surface area (Å²) in [7, 11) is 1.80. The van der Waals surface area contributed by atoms with Gasteiger partial charge in [0.2, 0.25) is 0 Å². The van der Waals surface area contributed by atoms with Crippen LogP contribution in [-0.4, -0.2) is 34.0 Å². The van der Waals surface area contributed by atoms with Gasteiger partial charge in [-0.15, -0.1) is 0 Å². The fraction of sp³-hybridized carbons (Fsp3) is 0.333. The number of halogens is 1. The monoisotopic (exact) mass is 383 g/mol. The van der Waals surface area contributed by atoms with E-state index in [9.17, 15) is 4.79 Å². The number of carbonyl (C=O) groups is 1. The second-order valence-electron chi connectivity index (χ2n) is 4.73. The molecule has 5 heteroatoms. The van der Waals surface area contributed by atoms with Gasteiger partial charge in [0, 0.05) is 17.2 Å². The zero-order valence-corrected chi connectivity index (χ0v) is 14.0. The first-order chi connectivity index (χ1) is 9.54. The van der Waals surface area contributed by atoms with E-state index in [0.717, 1.165) is 5.56 Å². The first-order valence-electron chi connectivity index (χ1n) is 6.57. The van der Waals surface area contributed by atoms with Gasteiger partial charge in [0.25, 0.3) is 5.91 Å². The first-order valence-corrected chi connectivity index (χ1v) is 7.65. The van der Waals surface area contributed by atoms with Crippen molar-refractivity contribution in [3.8, 4) is 0 Å². The third kappa shape index (κ3) is 3.03. The van der Waals surface area contributed by atoms with Crippen molar-refractivity contribution in [1.82, 2.24) is 14.5 Å². The van der Waals surface area contributed by atoms with Gasteiger partial charge in [-0.25, -0.2) is 4.98 Å². The maximum Gasteiger partial charge on any atom is 0.271 e. The molecule has 0 saturated heterocycles. The van der Waals surface area contributed by atoms with E-state index in [1.54, 1.807) is 24.5 Å². The standard InChI is InChI=1S/C15H18IN3O/c1-4-18(3)15(20)14-9-17-10-19(14)11(2)12-5-7-13(16)8-6-12/h5-11H,4H2,1-3H3/t11-/m1/s1. The molecule has 0 spiro atoms. The molecule has 0 saturated carbocycles. The van der Waals surface area contributed by atoms with Gasteiger partial charge in [-0.1, -0.05) is 12.1 Å². The van der Waals surface area contributed by atoms with Gasteiger partial charge in [0.15, 0.2) is 0 Å². The fourth-order valence-electron chi connectivity index (χ4n) is 2.02. The molecule has 0 fully saturated rings. The highest BCUT2D eigenvalue weighted by Crippen LogP contribution is 2.21. The van der Waals surface area contributed by atoms with Crippen molar-refractivity contribution < 1.29 is 4.79 Å². The Morgan fingerprint density at radius 3 is 2.65 bits per heavy atom. The number of nitrogens with zero attached hydrogens (tertiary/aromatic N) is 3. The van der Waals surface area contributed by atoms with E-state index in [1.165, 1.54) is 3.57 Å². The van der Waals surface area contributed by atoms with E-state index < -0.39 is 0 Å². The summed E-state index contributed by atoms with van der Waals surface area (Å²) in [6, 6.07) is 8.40. The molecule has 0 aliphatic rings. The summed E-state index contributed by atoms with van der Waals surface area (Å²) in [5.74, 6) is 0.00219. The Labute approximate surface area is 133 Å². The summed E-state index contributed by atoms with van der Waals surface area (Å²) in [6.45, 7) is 4.72. The predicted octanol–water partition coefficient (Wildman–Crippen LogP) is 3.19. The van der Waals surface area contributed by atoms with E-state index >= 15 is 0 Å². The quantitative estimate of drug-likeness (QED) is 0.761. The second kappa shape index (κ2) is 6.39. The van der Waals surface area contributed by atoms with Crippen molar-refractivity contribution in [2.45, 2.75) is 19.9 Å². The Morgan fingerprint density at radius 2 is 2.05 bits per heavy atom. The average molecular weight is 383 g/mol. The summed E-state index contributed by atoms with van der Waals surface area (Å²) >= 11 is 2.28. The lowest BCUT2D eigenvalue weighted by molar-refractivity contribution is 0.0790. The van der Waals surface area contributed by atoms with Crippen LogP contribution in [-0.2, 0) is 0 Å². The van der Waals surface area contributed by atoms with Crippen LogP contribution < -0.4 is 0 Å². The number of rotatable bonds is 4. The number of aromatic nitrogens is 2. The third-order valence-corrected chi connectivity index (χ3v) is 4.20. The first kappa shape index (κ1) is 15.0. The predicted molar refractivity (Wildman–Crippen MR) is 87.8 cm³/mol. The molecule has 0 unspecified atom stereocenters. The van der Waals surface area contributed by atoms with Crippen LogP contribution in [0.1, 0.15) is 35.9 Å². The molecule has 0 aliphatic heterocycles. The van der Waals surface area contributed by atoms with Crippen LogP contribution in [0.2, 0.25) is 0 Å². The Kier molecular flexibility index (Phi) is 4.80. The Hall–Kier alpha value is -1.37. The largest absolute Gasteiger partial charge is 0.341 e. The zero-order chi connectivity index (χ0) is 14.7. The molecule has 4 nitrogen and oxygen atoms in total. The second-order valence-corrected chi connectivity index (χ2v) is 5.98. The van der Waals surface area contributed by atoms with Gasteiger partial charge in [-0.2, -0.15) is 0 Å². The van der Waals surface area contributed by atoms with Crippen molar-refractivity contribution in [3.63, 3.8) is 0 Å². The maximum atomic E-state index is 12.3. The lowest BCUT2D eigenvalue weighted by Crippen LogP contribution is -2.29. The highest BCUT2D eigenvalue weighted by atomic mass is 127. The molecule has 1 amide bonds. The van der Waals surface area contributed by atoms with Crippen molar-refractivity contribution in [1.29, 1.82) is 0 Å². The summed E-state index contributed by atoms with van der Waals surface area (Å²) < 4.78 is 3.13. The van der Waals surface area contributed by atoms with Gasteiger partial charge in [-0.3, -0.25) is 4.79 Å². The minimum absolute atomic E-state index is 0.00219. The normalized spacial score (nSPS) is 12.2. The number of carbonyl (C=O) groups excluding carboxylic acids is 1. The van der Waals surface area contributed by atoms with E-state index in [0.29, 0.717) is 12.2 Å². The van der Waals surface area contributed by atoms with Gasteiger partial charge in [-0.05, 0) is 54.1 Å². The topological polar surface area (TPSA) is 38.1 Å². The average Bonchev–Trinajstić information content (AvgIpc) is 2.95. The molecule has 1 aromatic heterocycles. The highest BCUT2D eigenvalue weighted by molar-refractivity contribution is 14.1. The van der Waals surface area contributed by atoms with Crippen LogP contribution >= 0.6 is 22.6 Å². The van der Waals surface area contributed by atoms with Gasteiger partial charge < -0.3 is 9.47 Å². The van der Waals surface area contributed by atoms with Crippen LogP contribution in [0.3, 0.4) is 0 Å². The van der Waals surface area contributed by atoms with Crippen LogP contribution in [0.15, 0.2) is 36.8 Å². The highest BCUT2D eigenvalue weighted by Gasteiger charge is 2.19. The number of imidazole rings is 1. The molecule has 0 N–H and O–H groups in total. The van der Waals surface area contributed by atoms with Gasteiger partial charge in [0.1, 0.15) is 5.69 Å². The molecule has 1 atom stereocenters. The maximum absolute atomic E-state index is 12.3. The van der Waals surface area contributed by atoms with Crippen LogP contribution in [0.25, 0.3) is 0 Å². The van der Waals surface area contributed by atoms with Crippen molar-refractivity contribution in [2.24, 2.45) is 0 Å². The summed E-state index contributed by atoms with van der Waals surface area (Å²) in [4.78, 5) is 18.1. The minimum Gasteiger partial charge on any atom is -0.341 e. The zero-order valence-electron chi connectivity index (χ0n) is 11.9. The molecule has 2 aromatic rings. The third-order valence-electron chi connectivity index (χ3n) is 3.48. The van der Waals surface area contributed by atoms with Gasteiger partial charge >= 0.3 is 0 Å². The van der Waals surface area contributed by atoms with Crippen molar-refractivity contribution in [3.05, 3.63) is 51.6 Å². The summed E-state index contributed by atoms with van der Waals surface area (Å²) in [6.07, 6.45) is 3.36. The molecule has 0 radical (unpaired) electrons. The van der Waals surface area contributed by atoms with E-state index in [-0.39, 0.29) is 11.9 Å². The number of hydrogen-bond acceptors (Lipinski definition) is 2. The molecular weight excluding hydrogens is 365 g/mol. The lowest BCUT2D eigenvalue weighted by atomic mass is 10.1. The summed E-state index contributed by atoms with van der Waals surface area (Å²) in [5.41, 5.74) is 1.79. The Bertz CT molecular complexity index is 591.